The second kappa shape index (κ2) is 8.30. The summed E-state index contributed by atoms with van der Waals surface area (Å²) in [6.45, 7) is 3.22. The Balaban J connectivity index is 2.40. The first kappa shape index (κ1) is 20.6. The largest absolute Gasteiger partial charge is 0.467 e. The molecule has 1 atom stereocenters. The molecule has 0 spiro atoms. The molecule has 0 radical (unpaired) electrons. The van der Waals surface area contributed by atoms with E-state index in [9.17, 15) is 19.2 Å². The van der Waals surface area contributed by atoms with Crippen molar-refractivity contribution in [2.75, 3.05) is 20.8 Å². The number of methoxy groups -OCH3 is 2. The van der Waals surface area contributed by atoms with Crippen LogP contribution in [0, 0.1) is 0 Å². The molecule has 0 aliphatic carbocycles. The summed E-state index contributed by atoms with van der Waals surface area (Å²) in [7, 11) is 2.30. The Labute approximate surface area is 157 Å². The molecule has 0 unspecified atom stereocenters. The lowest BCUT2D eigenvalue weighted by molar-refractivity contribution is -0.161. The summed E-state index contributed by atoms with van der Waals surface area (Å²) in [5.41, 5.74) is 0.161. The third kappa shape index (κ3) is 4.00. The van der Waals surface area contributed by atoms with E-state index in [1.807, 2.05) is 24.3 Å². The van der Waals surface area contributed by atoms with Crippen molar-refractivity contribution in [1.82, 2.24) is 10.2 Å². The third-order valence-corrected chi connectivity index (χ3v) is 4.66. The molecule has 1 heterocycles. The maximum Gasteiger partial charge on any atom is 0.376 e. The van der Waals surface area contributed by atoms with Gasteiger partial charge in [0.05, 0.1) is 20.8 Å². The molecular weight excluding hydrogens is 352 g/mol. The molecule has 0 saturated carbocycles. The van der Waals surface area contributed by atoms with Crippen LogP contribution < -0.4 is 5.32 Å². The molecule has 0 saturated heterocycles. The standard InChI is InChI=1S/C19H24N2O6/c1-12(2)21(11-15(22)16(23)26-3)17(24)19(18(25)27-4)9-13-7-5-6-8-14(13)10-20-19/h5-8,12,20H,9-11H2,1-4H3/t19-/m0/s1. The number of ketones is 1. The minimum atomic E-state index is -1.66. The summed E-state index contributed by atoms with van der Waals surface area (Å²) < 4.78 is 9.33. The number of benzene rings is 1. The molecule has 27 heavy (non-hydrogen) atoms. The Hall–Kier alpha value is -2.74. The molecule has 2 rings (SSSR count). The summed E-state index contributed by atoms with van der Waals surface area (Å²) >= 11 is 0. The summed E-state index contributed by atoms with van der Waals surface area (Å²) in [5.74, 6) is -3.26. The van der Waals surface area contributed by atoms with Crippen LogP contribution in [0.15, 0.2) is 24.3 Å². The van der Waals surface area contributed by atoms with Crippen LogP contribution >= 0.6 is 0 Å². The molecule has 146 valence electrons. The highest BCUT2D eigenvalue weighted by Crippen LogP contribution is 2.27. The van der Waals surface area contributed by atoms with E-state index in [1.54, 1.807) is 13.8 Å². The molecule has 1 amide bonds. The normalized spacial score (nSPS) is 18.4. The highest BCUT2D eigenvalue weighted by atomic mass is 16.5. The predicted octanol–water partition coefficient (Wildman–Crippen LogP) is 0.223. The summed E-state index contributed by atoms with van der Waals surface area (Å²) in [6, 6.07) is 7.04. The Kier molecular flexibility index (Phi) is 6.32. The average molecular weight is 376 g/mol. The number of hydrogen-bond acceptors (Lipinski definition) is 7. The van der Waals surface area contributed by atoms with Crippen molar-refractivity contribution in [2.45, 2.75) is 38.4 Å². The van der Waals surface area contributed by atoms with Gasteiger partial charge in [-0.05, 0) is 25.0 Å². The fourth-order valence-corrected chi connectivity index (χ4v) is 3.12. The number of carbonyl (C=O) groups excluding carboxylic acids is 4. The molecule has 1 aromatic rings. The van der Waals surface area contributed by atoms with E-state index >= 15 is 0 Å². The Morgan fingerprint density at radius 2 is 1.74 bits per heavy atom. The molecule has 8 heteroatoms. The lowest BCUT2D eigenvalue weighted by Gasteiger charge is -2.40. The first-order valence-electron chi connectivity index (χ1n) is 8.59. The van der Waals surface area contributed by atoms with Crippen LogP contribution in [-0.2, 0) is 41.6 Å². The zero-order valence-electron chi connectivity index (χ0n) is 15.9. The second-order valence-corrected chi connectivity index (χ2v) is 6.64. The van der Waals surface area contributed by atoms with Crippen LogP contribution in [0.5, 0.6) is 0 Å². The second-order valence-electron chi connectivity index (χ2n) is 6.64. The quantitative estimate of drug-likeness (QED) is 0.431. The maximum atomic E-state index is 13.4. The topological polar surface area (TPSA) is 102 Å². The summed E-state index contributed by atoms with van der Waals surface area (Å²) in [4.78, 5) is 50.7. The lowest BCUT2D eigenvalue weighted by Crippen LogP contribution is -2.67. The van der Waals surface area contributed by atoms with Gasteiger partial charge in [-0.1, -0.05) is 24.3 Å². The number of nitrogens with zero attached hydrogens (tertiary/aromatic N) is 1. The van der Waals surface area contributed by atoms with Gasteiger partial charge in [0.15, 0.2) is 0 Å². The molecule has 1 N–H and O–H groups in total. The number of amides is 1. The van der Waals surface area contributed by atoms with Crippen molar-refractivity contribution >= 4 is 23.6 Å². The van der Waals surface area contributed by atoms with E-state index in [0.29, 0.717) is 6.54 Å². The molecular formula is C19H24N2O6. The van der Waals surface area contributed by atoms with Gasteiger partial charge in [0, 0.05) is 19.0 Å². The van der Waals surface area contributed by atoms with Crippen molar-refractivity contribution in [3.8, 4) is 0 Å². The van der Waals surface area contributed by atoms with Gasteiger partial charge in [-0.3, -0.25) is 14.9 Å². The molecule has 0 bridgehead atoms. The van der Waals surface area contributed by atoms with Crippen LogP contribution in [0.2, 0.25) is 0 Å². The smallest absolute Gasteiger partial charge is 0.376 e. The third-order valence-electron chi connectivity index (χ3n) is 4.66. The van der Waals surface area contributed by atoms with E-state index in [2.05, 4.69) is 10.1 Å². The van der Waals surface area contributed by atoms with Gasteiger partial charge >= 0.3 is 11.9 Å². The van der Waals surface area contributed by atoms with Gasteiger partial charge in [-0.25, -0.2) is 9.59 Å². The van der Waals surface area contributed by atoms with E-state index in [4.69, 9.17) is 4.74 Å². The van der Waals surface area contributed by atoms with E-state index in [-0.39, 0.29) is 6.42 Å². The Bertz CT molecular complexity index is 760. The summed E-state index contributed by atoms with van der Waals surface area (Å²) in [6.07, 6.45) is 0.0876. The minimum Gasteiger partial charge on any atom is -0.467 e. The van der Waals surface area contributed by atoms with Crippen LogP contribution in [-0.4, -0.2) is 60.9 Å². The molecule has 8 nitrogen and oxygen atoms in total. The van der Waals surface area contributed by atoms with E-state index in [1.165, 1.54) is 12.0 Å². The van der Waals surface area contributed by atoms with Crippen molar-refractivity contribution in [1.29, 1.82) is 0 Å². The molecule has 0 fully saturated rings. The highest BCUT2D eigenvalue weighted by molar-refractivity contribution is 6.34. The monoisotopic (exact) mass is 376 g/mol. The number of ether oxygens (including phenoxy) is 2. The van der Waals surface area contributed by atoms with Crippen molar-refractivity contribution in [2.24, 2.45) is 0 Å². The molecule has 1 aliphatic rings. The highest BCUT2D eigenvalue weighted by Gasteiger charge is 2.51. The molecule has 0 aromatic heterocycles. The van der Waals surface area contributed by atoms with Crippen LogP contribution in [0.1, 0.15) is 25.0 Å². The van der Waals surface area contributed by atoms with E-state index in [0.717, 1.165) is 18.2 Å². The first-order valence-corrected chi connectivity index (χ1v) is 8.59. The van der Waals surface area contributed by atoms with Crippen molar-refractivity contribution in [3.63, 3.8) is 0 Å². The van der Waals surface area contributed by atoms with Gasteiger partial charge in [-0.2, -0.15) is 0 Å². The zero-order valence-corrected chi connectivity index (χ0v) is 15.9. The molecule has 1 aromatic carbocycles. The lowest BCUT2D eigenvalue weighted by atomic mass is 9.83. The van der Waals surface area contributed by atoms with Crippen molar-refractivity contribution < 1.29 is 28.7 Å². The van der Waals surface area contributed by atoms with Gasteiger partial charge in [0.2, 0.25) is 5.54 Å². The predicted molar refractivity (Wildman–Crippen MR) is 95.6 cm³/mol. The van der Waals surface area contributed by atoms with E-state index < -0.39 is 41.8 Å². The Morgan fingerprint density at radius 3 is 2.30 bits per heavy atom. The number of Topliss-reactive ketones (excluding diaryl/α,β-unsaturated/α-hetero) is 1. The van der Waals surface area contributed by atoms with Crippen molar-refractivity contribution in [3.05, 3.63) is 35.4 Å². The number of carbonyl (C=O) groups is 4. The van der Waals surface area contributed by atoms with Crippen LogP contribution in [0.25, 0.3) is 0 Å². The number of rotatable bonds is 6. The number of esters is 2. The van der Waals surface area contributed by atoms with Gasteiger partial charge in [-0.15, -0.1) is 0 Å². The fraction of sp³-hybridized carbons (Fsp3) is 0.474. The number of hydrogen-bond donors (Lipinski definition) is 1. The summed E-state index contributed by atoms with van der Waals surface area (Å²) in [5, 5.41) is 3.00. The minimum absolute atomic E-state index is 0.0876. The van der Waals surface area contributed by atoms with Crippen LogP contribution in [0.4, 0.5) is 0 Å². The SMILES string of the molecule is COC(=O)C(=O)CN(C(=O)[C@]1(C(=O)OC)Cc2ccccc2CN1)C(C)C. The van der Waals surface area contributed by atoms with Gasteiger partial charge in [0.1, 0.15) is 0 Å². The van der Waals surface area contributed by atoms with Gasteiger partial charge < -0.3 is 14.4 Å². The fourth-order valence-electron chi connectivity index (χ4n) is 3.12. The van der Waals surface area contributed by atoms with Crippen LogP contribution in [0.3, 0.4) is 0 Å². The Morgan fingerprint density at radius 1 is 1.11 bits per heavy atom. The van der Waals surface area contributed by atoms with Gasteiger partial charge in [0.25, 0.3) is 11.7 Å². The maximum absolute atomic E-state index is 13.4. The number of fused-ring (bicyclic) bond motifs is 1. The first-order chi connectivity index (χ1) is 12.8. The zero-order chi connectivity index (χ0) is 20.2. The molecule has 1 aliphatic heterocycles. The average Bonchev–Trinajstić information content (AvgIpc) is 2.69. The number of nitrogens with one attached hydrogen (secondary N) is 1.